The Hall–Kier alpha value is -1.82. The van der Waals surface area contributed by atoms with Crippen LogP contribution in [0, 0.1) is 18.3 Å². The number of carbonyl (C=O) groups excluding carboxylic acids is 1. The fourth-order valence-corrected chi connectivity index (χ4v) is 2.50. The van der Waals surface area contributed by atoms with E-state index in [1.807, 2.05) is 13.0 Å². The van der Waals surface area contributed by atoms with E-state index in [4.69, 9.17) is 23.2 Å². The molecule has 20 heavy (non-hydrogen) atoms. The van der Waals surface area contributed by atoms with Crippen molar-refractivity contribution >= 4 is 29.0 Å². The van der Waals surface area contributed by atoms with Crippen molar-refractivity contribution in [3.63, 3.8) is 0 Å². The third-order valence-corrected chi connectivity index (χ3v) is 3.35. The van der Waals surface area contributed by atoms with Gasteiger partial charge >= 0.3 is 0 Å². The van der Waals surface area contributed by atoms with Gasteiger partial charge in [0.15, 0.2) is 5.78 Å². The van der Waals surface area contributed by atoms with Gasteiger partial charge in [-0.2, -0.15) is 5.26 Å². The van der Waals surface area contributed by atoms with Crippen LogP contribution >= 0.6 is 23.2 Å². The molecule has 2 rings (SSSR count). The summed E-state index contributed by atoms with van der Waals surface area (Å²) < 4.78 is 0. The van der Waals surface area contributed by atoms with Gasteiger partial charge in [0, 0.05) is 15.6 Å². The number of halogens is 2. The molecule has 0 heterocycles. The van der Waals surface area contributed by atoms with Crippen LogP contribution in [0.25, 0.3) is 0 Å². The second kappa shape index (κ2) is 6.09. The Balaban J connectivity index is 2.42. The normalized spacial score (nSPS) is 11.7. The molecule has 0 aliphatic rings. The fourth-order valence-electron chi connectivity index (χ4n) is 2.02. The maximum atomic E-state index is 12.5. The number of hydrogen-bond donors (Lipinski definition) is 0. The molecule has 0 N–H and O–H groups in total. The lowest BCUT2D eigenvalue weighted by Gasteiger charge is -2.10. The first-order valence-corrected chi connectivity index (χ1v) is 6.73. The van der Waals surface area contributed by atoms with Gasteiger partial charge in [0.2, 0.25) is 0 Å². The number of nitrogens with zero attached hydrogens (tertiary/aromatic N) is 1. The van der Waals surface area contributed by atoms with E-state index in [1.54, 1.807) is 42.5 Å². The quantitative estimate of drug-likeness (QED) is 0.765. The third kappa shape index (κ3) is 3.19. The van der Waals surface area contributed by atoms with Crippen molar-refractivity contribution in [2.75, 3.05) is 0 Å². The number of aryl methyl sites for hydroxylation is 1. The smallest absolute Gasteiger partial charge is 0.184 e. The molecule has 0 saturated heterocycles. The summed E-state index contributed by atoms with van der Waals surface area (Å²) in [5, 5.41) is 10.3. The Bertz CT molecular complexity index is 684. The molecule has 0 amide bonds. The molecule has 0 spiro atoms. The first-order valence-electron chi connectivity index (χ1n) is 5.98. The van der Waals surface area contributed by atoms with E-state index in [2.05, 4.69) is 0 Å². The van der Waals surface area contributed by atoms with Crippen LogP contribution in [-0.2, 0) is 0 Å². The van der Waals surface area contributed by atoms with Crippen molar-refractivity contribution in [1.82, 2.24) is 0 Å². The summed E-state index contributed by atoms with van der Waals surface area (Å²) in [7, 11) is 0. The van der Waals surface area contributed by atoms with E-state index in [9.17, 15) is 10.1 Å². The van der Waals surface area contributed by atoms with Crippen LogP contribution in [0.2, 0.25) is 10.0 Å². The zero-order valence-electron chi connectivity index (χ0n) is 10.7. The van der Waals surface area contributed by atoms with Crippen LogP contribution in [0.3, 0.4) is 0 Å². The molecule has 1 unspecified atom stereocenters. The number of carbonyl (C=O) groups is 1. The summed E-state index contributed by atoms with van der Waals surface area (Å²) in [6.45, 7) is 1.85. The van der Waals surface area contributed by atoms with Crippen LogP contribution in [0.5, 0.6) is 0 Å². The topological polar surface area (TPSA) is 40.9 Å². The molecule has 2 aromatic carbocycles. The SMILES string of the molecule is Cc1cc(Cl)cc(C(=O)C(C#N)c2cccc(Cl)c2)c1. The van der Waals surface area contributed by atoms with Gasteiger partial charge < -0.3 is 0 Å². The summed E-state index contributed by atoms with van der Waals surface area (Å²) in [5.41, 5.74) is 1.90. The predicted octanol–water partition coefficient (Wildman–Crippen LogP) is 4.79. The van der Waals surface area contributed by atoms with E-state index >= 15 is 0 Å². The zero-order chi connectivity index (χ0) is 14.7. The lowest BCUT2D eigenvalue weighted by atomic mass is 9.91. The largest absolute Gasteiger partial charge is 0.292 e. The molecule has 100 valence electrons. The number of benzene rings is 2. The van der Waals surface area contributed by atoms with Gasteiger partial charge in [-0.05, 0) is 48.4 Å². The average Bonchev–Trinajstić information content (AvgIpc) is 2.38. The minimum absolute atomic E-state index is 0.277. The number of Topliss-reactive ketones (excluding diaryl/α,β-unsaturated/α-hetero) is 1. The van der Waals surface area contributed by atoms with Gasteiger partial charge in [0.1, 0.15) is 5.92 Å². The van der Waals surface area contributed by atoms with Gasteiger partial charge in [-0.3, -0.25) is 4.79 Å². The highest BCUT2D eigenvalue weighted by molar-refractivity contribution is 6.31. The van der Waals surface area contributed by atoms with Crippen molar-refractivity contribution in [1.29, 1.82) is 5.26 Å². The van der Waals surface area contributed by atoms with Gasteiger partial charge in [0.25, 0.3) is 0 Å². The summed E-state index contributed by atoms with van der Waals surface area (Å²) in [6, 6.07) is 13.9. The fraction of sp³-hybridized carbons (Fsp3) is 0.125. The summed E-state index contributed by atoms with van der Waals surface area (Å²) in [5.74, 6) is -1.16. The predicted molar refractivity (Wildman–Crippen MR) is 80.3 cm³/mol. The Morgan fingerprint density at radius 3 is 2.50 bits per heavy atom. The number of rotatable bonds is 3. The van der Waals surface area contributed by atoms with Crippen molar-refractivity contribution in [2.24, 2.45) is 0 Å². The van der Waals surface area contributed by atoms with E-state index < -0.39 is 5.92 Å². The van der Waals surface area contributed by atoms with E-state index in [-0.39, 0.29) is 5.78 Å². The van der Waals surface area contributed by atoms with Crippen LogP contribution < -0.4 is 0 Å². The molecule has 2 aromatic rings. The molecule has 2 nitrogen and oxygen atoms in total. The van der Waals surface area contributed by atoms with Crippen LogP contribution in [0.4, 0.5) is 0 Å². The number of ketones is 1. The van der Waals surface area contributed by atoms with Crippen LogP contribution in [0.15, 0.2) is 42.5 Å². The standard InChI is InChI=1S/C16H11Cl2NO/c1-10-5-12(8-14(18)6-10)16(20)15(9-19)11-3-2-4-13(17)7-11/h2-8,15H,1H3. The van der Waals surface area contributed by atoms with Crippen molar-refractivity contribution in [3.05, 3.63) is 69.2 Å². The van der Waals surface area contributed by atoms with Crippen molar-refractivity contribution in [3.8, 4) is 6.07 Å². The average molecular weight is 304 g/mol. The maximum Gasteiger partial charge on any atom is 0.184 e. The van der Waals surface area contributed by atoms with Crippen molar-refractivity contribution in [2.45, 2.75) is 12.8 Å². The lowest BCUT2D eigenvalue weighted by molar-refractivity contribution is 0.0979. The zero-order valence-corrected chi connectivity index (χ0v) is 12.2. The molecule has 0 fully saturated rings. The lowest BCUT2D eigenvalue weighted by Crippen LogP contribution is -2.11. The number of nitriles is 1. The van der Waals surface area contributed by atoms with Gasteiger partial charge in [-0.15, -0.1) is 0 Å². The summed E-state index contributed by atoms with van der Waals surface area (Å²) in [4.78, 5) is 12.5. The molecular weight excluding hydrogens is 293 g/mol. The van der Waals surface area contributed by atoms with E-state index in [1.165, 1.54) is 0 Å². The molecular formula is C16H11Cl2NO. The molecule has 0 aliphatic carbocycles. The van der Waals surface area contributed by atoms with Crippen LogP contribution in [-0.4, -0.2) is 5.78 Å². The third-order valence-electron chi connectivity index (χ3n) is 2.90. The molecule has 0 radical (unpaired) electrons. The van der Waals surface area contributed by atoms with Gasteiger partial charge in [-0.25, -0.2) is 0 Å². The van der Waals surface area contributed by atoms with Gasteiger partial charge in [-0.1, -0.05) is 35.3 Å². The Morgan fingerprint density at radius 2 is 1.90 bits per heavy atom. The Labute approximate surface area is 127 Å². The Kier molecular flexibility index (Phi) is 4.44. The first kappa shape index (κ1) is 14.6. The second-order valence-corrected chi connectivity index (χ2v) is 5.37. The summed E-state index contributed by atoms with van der Waals surface area (Å²) in [6.07, 6.45) is 0. The molecule has 1 atom stereocenters. The molecule has 0 aromatic heterocycles. The van der Waals surface area contributed by atoms with E-state index in [0.717, 1.165) is 5.56 Å². The minimum Gasteiger partial charge on any atom is -0.292 e. The first-order chi connectivity index (χ1) is 9.51. The van der Waals surface area contributed by atoms with Gasteiger partial charge in [0.05, 0.1) is 6.07 Å². The second-order valence-electron chi connectivity index (χ2n) is 4.50. The van der Waals surface area contributed by atoms with Crippen LogP contribution in [0.1, 0.15) is 27.4 Å². The monoisotopic (exact) mass is 303 g/mol. The highest BCUT2D eigenvalue weighted by Crippen LogP contribution is 2.25. The van der Waals surface area contributed by atoms with E-state index in [0.29, 0.717) is 21.2 Å². The van der Waals surface area contributed by atoms with Crippen molar-refractivity contribution < 1.29 is 4.79 Å². The minimum atomic E-state index is -0.883. The highest BCUT2D eigenvalue weighted by atomic mass is 35.5. The molecule has 0 saturated carbocycles. The molecule has 4 heteroatoms. The molecule has 0 aliphatic heterocycles. The number of hydrogen-bond acceptors (Lipinski definition) is 2. The maximum absolute atomic E-state index is 12.5. The molecule has 0 bridgehead atoms. The summed E-state index contributed by atoms with van der Waals surface area (Å²) >= 11 is 11.9. The Morgan fingerprint density at radius 1 is 1.15 bits per heavy atom. The highest BCUT2D eigenvalue weighted by Gasteiger charge is 2.22.